The van der Waals surface area contributed by atoms with Gasteiger partial charge in [0.2, 0.25) is 5.91 Å². The van der Waals surface area contributed by atoms with Crippen LogP contribution in [0.5, 0.6) is 0 Å². The van der Waals surface area contributed by atoms with Crippen molar-refractivity contribution in [2.75, 3.05) is 37.4 Å². The number of nitrogens with one attached hydrogen (secondary N) is 1. The average Bonchev–Trinajstić information content (AvgIpc) is 3.07. The number of likely N-dealkylation sites (N-methyl/N-ethyl adjacent to an activating group) is 1. The molecular formula is C24H29N3OS. The lowest BCUT2D eigenvalue weighted by Gasteiger charge is -2.44. The van der Waals surface area contributed by atoms with Crippen LogP contribution in [0.25, 0.3) is 10.1 Å². The standard InChI is InChI=1S/C24H29N3OS/c1-16-10-11-17(27-13-18(14-27)26(4)5)12-21(16)25-23(28)24(2,3)20-15-29-22-9-7-6-8-19(20)22/h6-12,15,18H,13-14H2,1-5H3,(H,25,28). The van der Waals surface area contributed by atoms with Gasteiger partial charge in [0.15, 0.2) is 0 Å². The van der Waals surface area contributed by atoms with Crippen molar-refractivity contribution in [1.82, 2.24) is 4.90 Å². The molecule has 2 heterocycles. The molecule has 1 aliphatic rings. The van der Waals surface area contributed by atoms with Crippen LogP contribution in [0.3, 0.4) is 0 Å². The first-order chi connectivity index (χ1) is 13.8. The molecule has 1 amide bonds. The number of hydrogen-bond donors (Lipinski definition) is 1. The number of rotatable bonds is 5. The lowest BCUT2D eigenvalue weighted by molar-refractivity contribution is -0.120. The second-order valence-electron chi connectivity index (χ2n) is 8.75. The summed E-state index contributed by atoms with van der Waals surface area (Å²) in [5.41, 5.74) is 3.62. The number of carbonyl (C=O) groups excluding carboxylic acids is 1. The minimum Gasteiger partial charge on any atom is -0.368 e. The Morgan fingerprint density at radius 2 is 1.90 bits per heavy atom. The molecule has 1 N–H and O–H groups in total. The summed E-state index contributed by atoms with van der Waals surface area (Å²) >= 11 is 1.70. The highest BCUT2D eigenvalue weighted by Crippen LogP contribution is 2.36. The van der Waals surface area contributed by atoms with Crippen LogP contribution < -0.4 is 10.2 Å². The van der Waals surface area contributed by atoms with E-state index in [2.05, 4.69) is 64.9 Å². The molecule has 29 heavy (non-hydrogen) atoms. The molecular weight excluding hydrogens is 378 g/mol. The van der Waals surface area contributed by atoms with Gasteiger partial charge < -0.3 is 15.1 Å². The SMILES string of the molecule is Cc1ccc(N2CC(N(C)C)C2)cc1NC(=O)C(C)(C)c1csc2ccccc12. The van der Waals surface area contributed by atoms with Crippen molar-refractivity contribution < 1.29 is 4.79 Å². The monoisotopic (exact) mass is 407 g/mol. The van der Waals surface area contributed by atoms with Gasteiger partial charge in [-0.25, -0.2) is 0 Å². The van der Waals surface area contributed by atoms with E-state index in [1.54, 1.807) is 11.3 Å². The second kappa shape index (κ2) is 7.47. The normalized spacial score (nSPS) is 15.0. The maximum absolute atomic E-state index is 13.3. The molecule has 1 fully saturated rings. The van der Waals surface area contributed by atoms with Crippen molar-refractivity contribution in [2.24, 2.45) is 0 Å². The highest BCUT2D eigenvalue weighted by molar-refractivity contribution is 7.17. The third-order valence-corrected chi connectivity index (χ3v) is 7.11. The number of fused-ring (bicyclic) bond motifs is 1. The molecule has 0 atom stereocenters. The van der Waals surface area contributed by atoms with E-state index in [1.165, 1.54) is 15.8 Å². The zero-order chi connectivity index (χ0) is 20.8. The Labute approximate surface area is 177 Å². The number of amides is 1. The van der Waals surface area contributed by atoms with Crippen LogP contribution in [-0.4, -0.2) is 44.0 Å². The number of anilines is 2. The van der Waals surface area contributed by atoms with E-state index >= 15 is 0 Å². The molecule has 0 aliphatic carbocycles. The Morgan fingerprint density at radius 3 is 2.62 bits per heavy atom. The van der Waals surface area contributed by atoms with Gasteiger partial charge in [-0.3, -0.25) is 4.79 Å². The van der Waals surface area contributed by atoms with E-state index in [-0.39, 0.29) is 5.91 Å². The molecule has 0 unspecified atom stereocenters. The minimum atomic E-state index is -0.616. The molecule has 152 valence electrons. The van der Waals surface area contributed by atoms with Crippen molar-refractivity contribution in [3.05, 3.63) is 59.0 Å². The Bertz CT molecular complexity index is 1050. The summed E-state index contributed by atoms with van der Waals surface area (Å²) in [6, 6.07) is 15.2. The van der Waals surface area contributed by atoms with Gasteiger partial charge in [-0.05, 0) is 75.0 Å². The van der Waals surface area contributed by atoms with Crippen LogP contribution in [0.2, 0.25) is 0 Å². The first-order valence-electron chi connectivity index (χ1n) is 10.1. The van der Waals surface area contributed by atoms with E-state index in [0.29, 0.717) is 6.04 Å². The highest BCUT2D eigenvalue weighted by atomic mass is 32.1. The Hall–Kier alpha value is -2.37. The van der Waals surface area contributed by atoms with E-state index in [1.807, 2.05) is 32.9 Å². The lowest BCUT2D eigenvalue weighted by atomic mass is 9.83. The van der Waals surface area contributed by atoms with Gasteiger partial charge in [-0.15, -0.1) is 11.3 Å². The number of carbonyl (C=O) groups is 1. The van der Waals surface area contributed by atoms with E-state index in [9.17, 15) is 4.79 Å². The fraction of sp³-hybridized carbons (Fsp3) is 0.375. The van der Waals surface area contributed by atoms with Gasteiger partial charge in [0.05, 0.1) is 5.41 Å². The molecule has 5 heteroatoms. The van der Waals surface area contributed by atoms with Gasteiger partial charge in [0.25, 0.3) is 0 Å². The summed E-state index contributed by atoms with van der Waals surface area (Å²) in [5, 5.41) is 6.49. The molecule has 1 saturated heterocycles. The summed E-state index contributed by atoms with van der Waals surface area (Å²) in [5.74, 6) is 0.0241. The summed E-state index contributed by atoms with van der Waals surface area (Å²) in [6.45, 7) is 8.11. The Morgan fingerprint density at radius 1 is 1.17 bits per heavy atom. The zero-order valence-electron chi connectivity index (χ0n) is 17.8. The Kier molecular flexibility index (Phi) is 5.13. The van der Waals surface area contributed by atoms with Crippen molar-refractivity contribution >= 4 is 38.7 Å². The first-order valence-corrected chi connectivity index (χ1v) is 11.0. The second-order valence-corrected chi connectivity index (χ2v) is 9.66. The van der Waals surface area contributed by atoms with Crippen molar-refractivity contribution in [3.63, 3.8) is 0 Å². The van der Waals surface area contributed by atoms with Crippen molar-refractivity contribution in [1.29, 1.82) is 0 Å². The minimum absolute atomic E-state index is 0.0241. The topological polar surface area (TPSA) is 35.6 Å². The maximum atomic E-state index is 13.3. The molecule has 0 spiro atoms. The van der Waals surface area contributed by atoms with Crippen LogP contribution in [0, 0.1) is 6.92 Å². The number of aryl methyl sites for hydroxylation is 1. The lowest BCUT2D eigenvalue weighted by Crippen LogP contribution is -2.57. The molecule has 4 rings (SSSR count). The van der Waals surface area contributed by atoms with Gasteiger partial charge in [-0.1, -0.05) is 24.3 Å². The number of benzene rings is 2. The van der Waals surface area contributed by atoms with Crippen LogP contribution in [-0.2, 0) is 10.2 Å². The third-order valence-electron chi connectivity index (χ3n) is 6.15. The quantitative estimate of drug-likeness (QED) is 0.655. The number of hydrogen-bond acceptors (Lipinski definition) is 4. The molecule has 0 bridgehead atoms. The van der Waals surface area contributed by atoms with Gasteiger partial charge >= 0.3 is 0 Å². The van der Waals surface area contributed by atoms with Crippen LogP contribution in [0.4, 0.5) is 11.4 Å². The van der Waals surface area contributed by atoms with Gasteiger partial charge in [-0.2, -0.15) is 0 Å². The van der Waals surface area contributed by atoms with Gasteiger partial charge in [0, 0.05) is 35.2 Å². The highest BCUT2D eigenvalue weighted by Gasteiger charge is 2.33. The largest absolute Gasteiger partial charge is 0.368 e. The molecule has 4 nitrogen and oxygen atoms in total. The fourth-order valence-electron chi connectivity index (χ4n) is 3.80. The van der Waals surface area contributed by atoms with Crippen LogP contribution in [0.15, 0.2) is 47.8 Å². The van der Waals surface area contributed by atoms with Crippen LogP contribution >= 0.6 is 11.3 Å². The predicted octanol–water partition coefficient (Wildman–Crippen LogP) is 4.88. The molecule has 0 saturated carbocycles. The van der Waals surface area contributed by atoms with Gasteiger partial charge in [0.1, 0.15) is 0 Å². The fourth-order valence-corrected chi connectivity index (χ4v) is 4.93. The van der Waals surface area contributed by atoms with Crippen molar-refractivity contribution in [2.45, 2.75) is 32.2 Å². The predicted molar refractivity (Wildman–Crippen MR) is 124 cm³/mol. The Balaban J connectivity index is 1.55. The molecule has 1 aliphatic heterocycles. The first kappa shape index (κ1) is 19.9. The van der Waals surface area contributed by atoms with E-state index in [4.69, 9.17) is 0 Å². The van der Waals surface area contributed by atoms with E-state index in [0.717, 1.165) is 29.9 Å². The number of nitrogens with zero attached hydrogens (tertiary/aromatic N) is 2. The number of thiophene rings is 1. The smallest absolute Gasteiger partial charge is 0.234 e. The average molecular weight is 408 g/mol. The van der Waals surface area contributed by atoms with Crippen molar-refractivity contribution in [3.8, 4) is 0 Å². The van der Waals surface area contributed by atoms with Crippen LogP contribution in [0.1, 0.15) is 25.0 Å². The summed E-state index contributed by atoms with van der Waals surface area (Å²) in [7, 11) is 4.25. The maximum Gasteiger partial charge on any atom is 0.234 e. The molecule has 0 radical (unpaired) electrons. The third kappa shape index (κ3) is 3.65. The summed E-state index contributed by atoms with van der Waals surface area (Å²) in [4.78, 5) is 17.9. The molecule has 1 aromatic heterocycles. The summed E-state index contributed by atoms with van der Waals surface area (Å²) < 4.78 is 1.22. The zero-order valence-corrected chi connectivity index (χ0v) is 18.6. The summed E-state index contributed by atoms with van der Waals surface area (Å²) in [6.07, 6.45) is 0. The molecule has 2 aromatic carbocycles. The molecule has 3 aromatic rings. The van der Waals surface area contributed by atoms with E-state index < -0.39 is 5.41 Å².